The van der Waals surface area contributed by atoms with E-state index in [9.17, 15) is 0 Å². The van der Waals surface area contributed by atoms with Gasteiger partial charge in [0.15, 0.2) is 0 Å². The van der Waals surface area contributed by atoms with Crippen molar-refractivity contribution in [3.05, 3.63) is 184 Å². The topological polar surface area (TPSA) is 0 Å². The Morgan fingerprint density at radius 3 is 0.892 bits per heavy atom. The van der Waals surface area contributed by atoms with E-state index in [1.165, 1.54) is 132 Å². The SMILES string of the molecule is Cc1cc(C)c(B(c2c(C)cc(C)cc2C)c2cc(-c3ccc(C(C)(C)C)cc3)c3ccc4c(-c5ccc(C(C)(C)C)cc5)cc(-c5ccc(C(C)(C)C)cc5)c5ccc2c3c54)c(C)c1. The van der Waals surface area contributed by atoms with Gasteiger partial charge in [-0.1, -0.05) is 239 Å². The Morgan fingerprint density at radius 2 is 0.585 bits per heavy atom. The van der Waals surface area contributed by atoms with Gasteiger partial charge in [-0.05, 0) is 146 Å². The number of hydrogen-bond donors (Lipinski definition) is 0. The molecule has 0 bridgehead atoms. The molecule has 0 aliphatic rings. The summed E-state index contributed by atoms with van der Waals surface area (Å²) in [5.74, 6) is 0. The van der Waals surface area contributed by atoms with Crippen molar-refractivity contribution in [3.63, 3.8) is 0 Å². The predicted octanol–water partition coefficient (Wildman–Crippen LogP) is 15.8. The molecule has 9 aromatic rings. The zero-order valence-electron chi connectivity index (χ0n) is 41.8. The van der Waals surface area contributed by atoms with E-state index in [0.29, 0.717) is 0 Å². The molecular weight excluding hydrogens is 780 g/mol. The summed E-state index contributed by atoms with van der Waals surface area (Å²) in [5, 5.41) is 7.91. The second kappa shape index (κ2) is 15.9. The van der Waals surface area contributed by atoms with Gasteiger partial charge < -0.3 is 0 Å². The van der Waals surface area contributed by atoms with E-state index in [1.807, 2.05) is 0 Å². The first-order valence-electron chi connectivity index (χ1n) is 23.9. The van der Waals surface area contributed by atoms with Crippen molar-refractivity contribution in [2.45, 2.75) is 120 Å². The van der Waals surface area contributed by atoms with Crippen LogP contribution in [0.4, 0.5) is 0 Å². The number of benzene rings is 9. The highest BCUT2D eigenvalue weighted by Crippen LogP contribution is 2.46. The van der Waals surface area contributed by atoms with Gasteiger partial charge in [0, 0.05) is 0 Å². The van der Waals surface area contributed by atoms with Gasteiger partial charge in [0.05, 0.1) is 0 Å². The highest BCUT2D eigenvalue weighted by molar-refractivity contribution is 6.98. The van der Waals surface area contributed by atoms with Crippen LogP contribution in [0.3, 0.4) is 0 Å². The van der Waals surface area contributed by atoms with Crippen molar-refractivity contribution in [1.82, 2.24) is 0 Å². The largest absolute Gasteiger partial charge is 0.243 e. The minimum Gasteiger partial charge on any atom is -0.0629 e. The van der Waals surface area contributed by atoms with Crippen LogP contribution in [-0.2, 0) is 16.2 Å². The fourth-order valence-electron chi connectivity index (χ4n) is 11.2. The van der Waals surface area contributed by atoms with Gasteiger partial charge in [-0.25, -0.2) is 0 Å². The molecule has 0 saturated heterocycles. The standard InChI is InChI=1S/C64H67B/c1-38-32-40(3)60(41(4)33-38)65(61-42(5)34-39(2)35-43(61)6)57-37-56(46-20-26-49(27-21-46)64(13,14)15)52-29-28-50-54(44-16-22-47(23-17-44)62(7,8)9)36-55(51-30-31-53(57)59(52)58(50)51)45-18-24-48(25-19-45)63(10,11)12/h16-37H,1-15H3. The molecule has 0 unspecified atom stereocenters. The van der Waals surface area contributed by atoms with Crippen LogP contribution in [0.2, 0.25) is 0 Å². The third kappa shape index (κ3) is 7.90. The Bertz CT molecular complexity index is 3080. The summed E-state index contributed by atoms with van der Waals surface area (Å²) in [6, 6.07) is 52.7. The van der Waals surface area contributed by atoms with Crippen molar-refractivity contribution < 1.29 is 0 Å². The van der Waals surface area contributed by atoms with Crippen LogP contribution in [0.5, 0.6) is 0 Å². The van der Waals surface area contributed by atoms with E-state index < -0.39 is 0 Å². The van der Waals surface area contributed by atoms with Crippen molar-refractivity contribution in [2.24, 2.45) is 0 Å². The minimum absolute atomic E-state index is 0.0159. The molecule has 9 aromatic carbocycles. The fourth-order valence-corrected chi connectivity index (χ4v) is 11.2. The Kier molecular flexibility index (Phi) is 10.8. The maximum Gasteiger partial charge on any atom is 0.243 e. The molecule has 1 heteroatoms. The molecule has 0 saturated carbocycles. The molecule has 0 nitrogen and oxygen atoms in total. The summed E-state index contributed by atoms with van der Waals surface area (Å²) in [7, 11) is 0. The molecule has 0 aliphatic heterocycles. The van der Waals surface area contributed by atoms with E-state index in [2.05, 4.69) is 237 Å². The molecule has 0 heterocycles. The average Bonchev–Trinajstić information content (AvgIpc) is 3.23. The Balaban J connectivity index is 1.47. The zero-order valence-corrected chi connectivity index (χ0v) is 41.8. The first-order valence-corrected chi connectivity index (χ1v) is 23.9. The Hall–Kier alpha value is -5.92. The second-order valence-corrected chi connectivity index (χ2v) is 22.6. The molecule has 65 heavy (non-hydrogen) atoms. The van der Waals surface area contributed by atoms with Crippen molar-refractivity contribution >= 4 is 55.4 Å². The third-order valence-corrected chi connectivity index (χ3v) is 14.5. The Morgan fingerprint density at radius 1 is 0.308 bits per heavy atom. The molecule has 326 valence electrons. The fraction of sp³-hybridized carbons (Fsp3) is 0.281. The van der Waals surface area contributed by atoms with Gasteiger partial charge in [0.2, 0.25) is 6.71 Å². The molecule has 0 aromatic heterocycles. The lowest BCUT2D eigenvalue weighted by molar-refractivity contribution is 0.590. The van der Waals surface area contributed by atoms with Crippen LogP contribution in [0.25, 0.3) is 65.7 Å². The maximum absolute atomic E-state index is 2.58. The van der Waals surface area contributed by atoms with E-state index in [4.69, 9.17) is 0 Å². The van der Waals surface area contributed by atoms with Crippen LogP contribution >= 0.6 is 0 Å². The molecule has 0 atom stereocenters. The summed E-state index contributed by atoms with van der Waals surface area (Å²) >= 11 is 0. The lowest BCUT2D eigenvalue weighted by Gasteiger charge is -2.28. The number of aryl methyl sites for hydroxylation is 6. The zero-order chi connectivity index (χ0) is 46.5. The van der Waals surface area contributed by atoms with Crippen molar-refractivity contribution in [2.75, 3.05) is 0 Å². The second-order valence-electron chi connectivity index (χ2n) is 22.6. The molecule has 0 radical (unpaired) electrons. The van der Waals surface area contributed by atoms with Gasteiger partial charge in [-0.15, -0.1) is 0 Å². The average molecular weight is 847 g/mol. The van der Waals surface area contributed by atoms with Gasteiger partial charge in [0.25, 0.3) is 0 Å². The van der Waals surface area contributed by atoms with Crippen molar-refractivity contribution in [1.29, 1.82) is 0 Å². The van der Waals surface area contributed by atoms with Crippen LogP contribution in [0, 0.1) is 41.5 Å². The number of hydrogen-bond acceptors (Lipinski definition) is 0. The van der Waals surface area contributed by atoms with Gasteiger partial charge in [-0.3, -0.25) is 0 Å². The van der Waals surface area contributed by atoms with Crippen molar-refractivity contribution in [3.8, 4) is 33.4 Å². The molecular formula is C64H67B. The highest BCUT2D eigenvalue weighted by atomic mass is 14.3. The van der Waals surface area contributed by atoms with E-state index in [1.54, 1.807) is 0 Å². The first-order chi connectivity index (χ1) is 30.6. The first kappa shape index (κ1) is 44.3. The highest BCUT2D eigenvalue weighted by Gasteiger charge is 2.32. The minimum atomic E-state index is 0.0159. The molecule has 0 spiro atoms. The third-order valence-electron chi connectivity index (χ3n) is 14.5. The quantitative estimate of drug-likeness (QED) is 0.116. The molecule has 0 amide bonds. The summed E-state index contributed by atoms with van der Waals surface area (Å²) in [5.41, 5.74) is 24.0. The lowest BCUT2D eigenvalue weighted by atomic mass is 9.33. The molecule has 0 N–H and O–H groups in total. The van der Waals surface area contributed by atoms with Crippen LogP contribution < -0.4 is 16.4 Å². The maximum atomic E-state index is 2.58. The van der Waals surface area contributed by atoms with Crippen LogP contribution in [0.1, 0.15) is 112 Å². The van der Waals surface area contributed by atoms with Crippen LogP contribution in [-0.4, -0.2) is 6.71 Å². The van der Waals surface area contributed by atoms with Gasteiger partial charge in [0.1, 0.15) is 0 Å². The summed E-state index contributed by atoms with van der Waals surface area (Å²) < 4.78 is 0. The molecule has 9 rings (SSSR count). The molecule has 0 fully saturated rings. The smallest absolute Gasteiger partial charge is 0.0629 e. The van der Waals surface area contributed by atoms with Crippen LogP contribution in [0.15, 0.2) is 133 Å². The Labute approximate surface area is 390 Å². The van der Waals surface area contributed by atoms with E-state index in [0.717, 1.165) is 0 Å². The van der Waals surface area contributed by atoms with E-state index >= 15 is 0 Å². The summed E-state index contributed by atoms with van der Waals surface area (Å²) in [6.07, 6.45) is 0. The number of rotatable bonds is 6. The molecule has 0 aliphatic carbocycles. The van der Waals surface area contributed by atoms with E-state index in [-0.39, 0.29) is 23.0 Å². The van der Waals surface area contributed by atoms with Gasteiger partial charge in [-0.2, -0.15) is 0 Å². The normalized spacial score (nSPS) is 12.5. The summed E-state index contributed by atoms with van der Waals surface area (Å²) in [4.78, 5) is 0. The monoisotopic (exact) mass is 847 g/mol. The summed E-state index contributed by atoms with van der Waals surface area (Å²) in [6.45, 7) is 34.5. The van der Waals surface area contributed by atoms with Gasteiger partial charge >= 0.3 is 0 Å². The lowest BCUT2D eigenvalue weighted by Crippen LogP contribution is -2.56. The predicted molar refractivity (Wildman–Crippen MR) is 289 cm³/mol.